The van der Waals surface area contributed by atoms with Crippen molar-refractivity contribution in [1.29, 1.82) is 0 Å². The van der Waals surface area contributed by atoms with Gasteiger partial charge in [-0.25, -0.2) is 0 Å². The van der Waals surface area contributed by atoms with E-state index >= 15 is 0 Å². The van der Waals surface area contributed by atoms with Gasteiger partial charge in [0.15, 0.2) is 0 Å². The molecular weight excluding hydrogens is 186 g/mol. The average Bonchev–Trinajstić information content (AvgIpc) is 2.28. The van der Waals surface area contributed by atoms with E-state index in [1.165, 1.54) is 0 Å². The Kier molecular flexibility index (Phi) is 3.98. The van der Waals surface area contributed by atoms with Crippen LogP contribution >= 0.6 is 0 Å². The summed E-state index contributed by atoms with van der Waals surface area (Å²) in [5.41, 5.74) is 3.13. The summed E-state index contributed by atoms with van der Waals surface area (Å²) in [4.78, 5) is 0. The predicted molar refractivity (Wildman–Crippen MR) is 64.8 cm³/mol. The quantitative estimate of drug-likeness (QED) is 0.760. The third-order valence-corrected chi connectivity index (χ3v) is 2.23. The fourth-order valence-electron chi connectivity index (χ4n) is 1.24. The highest BCUT2D eigenvalue weighted by Gasteiger charge is 1.98. The van der Waals surface area contributed by atoms with Gasteiger partial charge in [0.25, 0.3) is 0 Å². The predicted octanol–water partition coefficient (Wildman–Crippen LogP) is 2.83. The average molecular weight is 203 g/mol. The van der Waals surface area contributed by atoms with Crippen LogP contribution < -0.4 is 10.1 Å². The van der Waals surface area contributed by atoms with Crippen molar-refractivity contribution in [2.75, 3.05) is 14.2 Å². The van der Waals surface area contributed by atoms with Crippen molar-refractivity contribution in [2.45, 2.75) is 6.92 Å². The normalized spacial score (nSPS) is 11.0. The van der Waals surface area contributed by atoms with Crippen LogP contribution in [0.1, 0.15) is 12.5 Å². The number of ether oxygens (including phenoxy) is 1. The van der Waals surface area contributed by atoms with Crippen LogP contribution in [0.2, 0.25) is 0 Å². The van der Waals surface area contributed by atoms with E-state index < -0.39 is 0 Å². The molecule has 1 rings (SSSR count). The van der Waals surface area contributed by atoms with E-state index in [1.807, 2.05) is 44.3 Å². The first-order valence-electron chi connectivity index (χ1n) is 4.86. The molecule has 0 saturated heterocycles. The first kappa shape index (κ1) is 11.4. The lowest BCUT2D eigenvalue weighted by Crippen LogP contribution is -2.01. The largest absolute Gasteiger partial charge is 0.497 e. The van der Waals surface area contributed by atoms with E-state index in [0.717, 1.165) is 22.6 Å². The topological polar surface area (TPSA) is 21.3 Å². The van der Waals surface area contributed by atoms with Crippen LogP contribution in [-0.4, -0.2) is 14.2 Å². The second-order valence-electron chi connectivity index (χ2n) is 3.33. The van der Waals surface area contributed by atoms with Crippen molar-refractivity contribution in [3.63, 3.8) is 0 Å². The molecule has 1 N–H and O–H groups in total. The second-order valence-corrected chi connectivity index (χ2v) is 3.33. The zero-order valence-electron chi connectivity index (χ0n) is 9.50. The standard InChI is InChI=1S/C13H17NO/c1-10(8-11(2)14-3)12-6-5-7-13(9-12)15-4/h5-9,14H,1H2,2-4H3/b11-8-. The molecule has 80 valence electrons. The van der Waals surface area contributed by atoms with Gasteiger partial charge >= 0.3 is 0 Å². The van der Waals surface area contributed by atoms with E-state index in [1.54, 1.807) is 7.11 Å². The Bertz CT molecular complexity index is 380. The molecule has 0 unspecified atom stereocenters. The molecule has 0 bridgehead atoms. The SMILES string of the molecule is C=C(/C=C(/C)NC)c1cccc(OC)c1. The van der Waals surface area contributed by atoms with Crippen molar-refractivity contribution in [1.82, 2.24) is 5.32 Å². The number of nitrogens with one attached hydrogen (secondary N) is 1. The van der Waals surface area contributed by atoms with Crippen LogP contribution in [0, 0.1) is 0 Å². The van der Waals surface area contributed by atoms with Crippen molar-refractivity contribution in [3.05, 3.63) is 48.2 Å². The molecule has 0 radical (unpaired) electrons. The number of allylic oxidation sites excluding steroid dienone is 3. The van der Waals surface area contributed by atoms with Gasteiger partial charge in [0.1, 0.15) is 5.75 Å². The van der Waals surface area contributed by atoms with Crippen LogP contribution in [0.25, 0.3) is 5.57 Å². The van der Waals surface area contributed by atoms with Gasteiger partial charge in [0, 0.05) is 12.7 Å². The van der Waals surface area contributed by atoms with Gasteiger partial charge in [-0.3, -0.25) is 0 Å². The van der Waals surface area contributed by atoms with Crippen LogP contribution in [0.3, 0.4) is 0 Å². The van der Waals surface area contributed by atoms with Gasteiger partial charge in [0.05, 0.1) is 7.11 Å². The molecule has 1 aromatic rings. The minimum atomic E-state index is 0.851. The molecule has 1 aromatic carbocycles. The number of benzene rings is 1. The molecule has 0 atom stereocenters. The fraction of sp³-hybridized carbons (Fsp3) is 0.231. The maximum Gasteiger partial charge on any atom is 0.119 e. The van der Waals surface area contributed by atoms with E-state index in [4.69, 9.17) is 4.74 Å². The third kappa shape index (κ3) is 3.17. The molecule has 0 spiro atoms. The van der Waals surface area contributed by atoms with Gasteiger partial charge in [-0.1, -0.05) is 18.7 Å². The highest BCUT2D eigenvalue weighted by molar-refractivity contribution is 5.73. The molecule has 0 aliphatic heterocycles. The van der Waals surface area contributed by atoms with Crippen molar-refractivity contribution in [3.8, 4) is 5.75 Å². The van der Waals surface area contributed by atoms with Gasteiger partial charge in [-0.15, -0.1) is 0 Å². The minimum Gasteiger partial charge on any atom is -0.497 e. The zero-order valence-corrected chi connectivity index (χ0v) is 9.50. The molecule has 0 aliphatic carbocycles. The minimum absolute atomic E-state index is 0.851. The van der Waals surface area contributed by atoms with Gasteiger partial charge < -0.3 is 10.1 Å². The number of rotatable bonds is 4. The Morgan fingerprint density at radius 1 is 1.47 bits per heavy atom. The Labute approximate surface area is 91.3 Å². The van der Waals surface area contributed by atoms with Crippen LogP contribution in [0.5, 0.6) is 5.75 Å². The molecule has 2 nitrogen and oxygen atoms in total. The molecule has 0 saturated carbocycles. The summed E-state index contributed by atoms with van der Waals surface area (Å²) >= 11 is 0. The lowest BCUT2D eigenvalue weighted by atomic mass is 10.1. The second kappa shape index (κ2) is 5.25. The van der Waals surface area contributed by atoms with Gasteiger partial charge in [-0.05, 0) is 36.3 Å². The van der Waals surface area contributed by atoms with Gasteiger partial charge in [0.2, 0.25) is 0 Å². The van der Waals surface area contributed by atoms with E-state index in [2.05, 4.69) is 11.9 Å². The molecule has 0 aliphatic rings. The Hall–Kier alpha value is -1.70. The molecule has 0 fully saturated rings. The number of hydrogen-bond acceptors (Lipinski definition) is 2. The van der Waals surface area contributed by atoms with Crippen LogP contribution in [-0.2, 0) is 0 Å². The number of hydrogen-bond donors (Lipinski definition) is 1. The molecular formula is C13H17NO. The monoisotopic (exact) mass is 203 g/mol. The summed E-state index contributed by atoms with van der Waals surface area (Å²) < 4.78 is 5.16. The number of methoxy groups -OCH3 is 1. The molecule has 0 amide bonds. The Morgan fingerprint density at radius 2 is 2.20 bits per heavy atom. The summed E-state index contributed by atoms with van der Waals surface area (Å²) in [7, 11) is 3.56. The molecule has 0 heterocycles. The molecule has 15 heavy (non-hydrogen) atoms. The maximum absolute atomic E-state index is 5.16. The summed E-state index contributed by atoms with van der Waals surface area (Å²) in [6, 6.07) is 7.87. The first-order chi connectivity index (χ1) is 7.17. The highest BCUT2D eigenvalue weighted by atomic mass is 16.5. The van der Waals surface area contributed by atoms with Crippen LogP contribution in [0.4, 0.5) is 0 Å². The third-order valence-electron chi connectivity index (χ3n) is 2.23. The van der Waals surface area contributed by atoms with Gasteiger partial charge in [-0.2, -0.15) is 0 Å². The van der Waals surface area contributed by atoms with Crippen molar-refractivity contribution >= 4 is 5.57 Å². The summed E-state index contributed by atoms with van der Waals surface area (Å²) in [5, 5.41) is 3.06. The van der Waals surface area contributed by atoms with Crippen molar-refractivity contribution in [2.24, 2.45) is 0 Å². The molecule has 0 aromatic heterocycles. The lowest BCUT2D eigenvalue weighted by Gasteiger charge is -2.05. The summed E-state index contributed by atoms with van der Waals surface area (Å²) in [5.74, 6) is 0.851. The zero-order chi connectivity index (χ0) is 11.3. The van der Waals surface area contributed by atoms with E-state index in [-0.39, 0.29) is 0 Å². The Morgan fingerprint density at radius 3 is 2.80 bits per heavy atom. The lowest BCUT2D eigenvalue weighted by molar-refractivity contribution is 0.414. The summed E-state index contributed by atoms with van der Waals surface area (Å²) in [6.07, 6.45) is 2.01. The van der Waals surface area contributed by atoms with Crippen molar-refractivity contribution < 1.29 is 4.74 Å². The highest BCUT2D eigenvalue weighted by Crippen LogP contribution is 2.20. The maximum atomic E-state index is 5.16. The summed E-state index contributed by atoms with van der Waals surface area (Å²) in [6.45, 7) is 6.02. The smallest absolute Gasteiger partial charge is 0.119 e. The van der Waals surface area contributed by atoms with Crippen LogP contribution in [0.15, 0.2) is 42.6 Å². The van der Waals surface area contributed by atoms with E-state index in [0.29, 0.717) is 0 Å². The fourth-order valence-corrected chi connectivity index (χ4v) is 1.24. The Balaban J connectivity index is 2.91. The van der Waals surface area contributed by atoms with E-state index in [9.17, 15) is 0 Å². The molecule has 2 heteroatoms. The first-order valence-corrected chi connectivity index (χ1v) is 4.86.